The van der Waals surface area contributed by atoms with Crippen LogP contribution in [0.4, 0.5) is 10.1 Å². The Hall–Kier alpha value is -0.810. The minimum absolute atomic E-state index is 0.296. The summed E-state index contributed by atoms with van der Waals surface area (Å²) in [6.45, 7) is 0. The van der Waals surface area contributed by atoms with Crippen LogP contribution < -0.4 is 4.90 Å². The lowest BCUT2D eigenvalue weighted by Crippen LogP contribution is -2.11. The molecule has 0 aliphatic heterocycles. The zero-order chi connectivity index (χ0) is 11.6. The predicted octanol–water partition coefficient (Wildman–Crippen LogP) is 1.96. The maximum Gasteiger partial charge on any atom is 0.236 e. The van der Waals surface area contributed by atoms with Crippen molar-refractivity contribution in [3.05, 3.63) is 29.6 Å². The first-order valence-electron chi connectivity index (χ1n) is 4.17. The first-order valence-corrected chi connectivity index (χ1v) is 6.65. The van der Waals surface area contributed by atoms with E-state index in [1.807, 2.05) is 0 Å². The van der Waals surface area contributed by atoms with E-state index in [1.165, 1.54) is 18.2 Å². The van der Waals surface area contributed by atoms with Crippen LogP contribution in [0.1, 0.15) is 5.56 Å². The number of anilines is 1. The van der Waals surface area contributed by atoms with Crippen LogP contribution in [0.2, 0.25) is 0 Å². The molecule has 0 aromatic heterocycles. The SMILES string of the molecule is CN(C)c1cc(CS(=O)(=O)Cl)ccc1F. The summed E-state index contributed by atoms with van der Waals surface area (Å²) >= 11 is 0. The van der Waals surface area contributed by atoms with Gasteiger partial charge in [0.25, 0.3) is 0 Å². The standard InChI is InChI=1S/C9H11ClFNO2S/c1-12(2)9-5-7(3-4-8(9)11)6-15(10,13)14/h3-5H,6H2,1-2H3. The quantitative estimate of drug-likeness (QED) is 0.771. The highest BCUT2D eigenvalue weighted by molar-refractivity contribution is 8.13. The fraction of sp³-hybridized carbons (Fsp3) is 0.333. The molecule has 15 heavy (non-hydrogen) atoms. The molecule has 1 aromatic rings. The fourth-order valence-corrected chi connectivity index (χ4v) is 2.15. The summed E-state index contributed by atoms with van der Waals surface area (Å²) in [5, 5.41) is 0. The maximum atomic E-state index is 13.2. The van der Waals surface area contributed by atoms with Gasteiger partial charge in [-0.2, -0.15) is 0 Å². The number of hydrogen-bond acceptors (Lipinski definition) is 3. The third kappa shape index (κ3) is 3.68. The monoisotopic (exact) mass is 251 g/mol. The highest BCUT2D eigenvalue weighted by Gasteiger charge is 2.10. The lowest BCUT2D eigenvalue weighted by molar-refractivity contribution is 0.608. The van der Waals surface area contributed by atoms with Gasteiger partial charge in [0.1, 0.15) is 5.82 Å². The largest absolute Gasteiger partial charge is 0.375 e. The average Bonchev–Trinajstić information content (AvgIpc) is 2.05. The van der Waals surface area contributed by atoms with Crippen LogP contribution in [0.5, 0.6) is 0 Å². The van der Waals surface area contributed by atoms with Crippen molar-refractivity contribution in [2.24, 2.45) is 0 Å². The Kier molecular flexibility index (Phi) is 3.57. The summed E-state index contributed by atoms with van der Waals surface area (Å²) < 4.78 is 34.9. The average molecular weight is 252 g/mol. The van der Waals surface area contributed by atoms with Gasteiger partial charge in [-0.25, -0.2) is 12.8 Å². The summed E-state index contributed by atoms with van der Waals surface area (Å²) in [5.41, 5.74) is 0.808. The molecule has 6 heteroatoms. The molecule has 84 valence electrons. The molecule has 1 aromatic carbocycles. The van der Waals surface area contributed by atoms with Gasteiger partial charge in [0.05, 0.1) is 11.4 Å². The molecule has 3 nitrogen and oxygen atoms in total. The second kappa shape index (κ2) is 4.37. The smallest absolute Gasteiger partial charge is 0.236 e. The van der Waals surface area contributed by atoms with Crippen molar-refractivity contribution in [2.45, 2.75) is 5.75 Å². The van der Waals surface area contributed by atoms with E-state index < -0.39 is 14.9 Å². The van der Waals surface area contributed by atoms with Crippen LogP contribution >= 0.6 is 10.7 Å². The van der Waals surface area contributed by atoms with Gasteiger partial charge in [0, 0.05) is 24.8 Å². The first kappa shape index (κ1) is 12.3. The van der Waals surface area contributed by atoms with Crippen molar-refractivity contribution in [2.75, 3.05) is 19.0 Å². The van der Waals surface area contributed by atoms with Crippen LogP contribution in [-0.2, 0) is 14.8 Å². The molecule has 0 radical (unpaired) electrons. The predicted molar refractivity (Wildman–Crippen MR) is 59.2 cm³/mol. The summed E-state index contributed by atoms with van der Waals surface area (Å²) in [6.07, 6.45) is 0. The maximum absolute atomic E-state index is 13.2. The zero-order valence-corrected chi connectivity index (χ0v) is 9.94. The number of hydrogen-bond donors (Lipinski definition) is 0. The zero-order valence-electron chi connectivity index (χ0n) is 8.37. The molecule has 0 N–H and O–H groups in total. The van der Waals surface area contributed by atoms with Crippen LogP contribution in [0.3, 0.4) is 0 Å². The second-order valence-corrected chi connectivity index (χ2v) is 6.14. The molecular weight excluding hydrogens is 241 g/mol. The van der Waals surface area contributed by atoms with Crippen LogP contribution in [0.15, 0.2) is 18.2 Å². The highest BCUT2D eigenvalue weighted by atomic mass is 35.7. The van der Waals surface area contributed by atoms with Gasteiger partial charge in [-0.3, -0.25) is 0 Å². The summed E-state index contributed by atoms with van der Waals surface area (Å²) in [4.78, 5) is 1.57. The van der Waals surface area contributed by atoms with Crippen LogP contribution in [0.25, 0.3) is 0 Å². The molecule has 0 amide bonds. The van der Waals surface area contributed by atoms with Gasteiger partial charge in [-0.15, -0.1) is 0 Å². The van der Waals surface area contributed by atoms with E-state index in [1.54, 1.807) is 19.0 Å². The summed E-state index contributed by atoms with van der Waals surface area (Å²) in [5.74, 6) is -0.689. The molecule has 1 rings (SSSR count). The lowest BCUT2D eigenvalue weighted by Gasteiger charge is -2.14. The Balaban J connectivity index is 3.08. The molecule has 0 aliphatic rings. The molecule has 0 spiro atoms. The molecule has 0 unspecified atom stereocenters. The van der Waals surface area contributed by atoms with Gasteiger partial charge in [0.15, 0.2) is 0 Å². The van der Waals surface area contributed by atoms with E-state index in [4.69, 9.17) is 10.7 Å². The number of halogens is 2. The van der Waals surface area contributed by atoms with E-state index in [9.17, 15) is 12.8 Å². The van der Waals surface area contributed by atoms with Gasteiger partial charge in [-0.05, 0) is 17.7 Å². The Morgan fingerprint density at radius 2 is 2.00 bits per heavy atom. The highest BCUT2D eigenvalue weighted by Crippen LogP contribution is 2.20. The van der Waals surface area contributed by atoms with Crippen molar-refractivity contribution in [1.82, 2.24) is 0 Å². The third-order valence-corrected chi connectivity index (χ3v) is 2.84. The Labute approximate surface area is 92.9 Å². The van der Waals surface area contributed by atoms with Gasteiger partial charge >= 0.3 is 0 Å². The summed E-state index contributed by atoms with van der Waals surface area (Å²) in [7, 11) is 4.86. The normalized spacial score (nSPS) is 11.5. The Morgan fingerprint density at radius 3 is 2.47 bits per heavy atom. The number of rotatable bonds is 3. The minimum atomic E-state index is -3.60. The summed E-state index contributed by atoms with van der Waals surface area (Å²) in [6, 6.07) is 4.10. The van der Waals surface area contributed by atoms with E-state index in [-0.39, 0.29) is 5.75 Å². The first-order chi connectivity index (χ1) is 6.79. The molecule has 0 saturated heterocycles. The van der Waals surface area contributed by atoms with Crippen molar-refractivity contribution in [3.8, 4) is 0 Å². The van der Waals surface area contributed by atoms with Gasteiger partial charge < -0.3 is 4.90 Å². The Morgan fingerprint density at radius 1 is 1.40 bits per heavy atom. The molecule has 0 aliphatic carbocycles. The molecule has 0 heterocycles. The molecule has 0 fully saturated rings. The number of benzene rings is 1. The topological polar surface area (TPSA) is 37.4 Å². The number of nitrogens with zero attached hydrogens (tertiary/aromatic N) is 1. The Bertz CT molecular complexity index is 459. The van der Waals surface area contributed by atoms with Gasteiger partial charge in [-0.1, -0.05) is 6.07 Å². The lowest BCUT2D eigenvalue weighted by atomic mass is 10.2. The van der Waals surface area contributed by atoms with E-state index in [0.717, 1.165) is 0 Å². The molecule has 0 atom stereocenters. The van der Waals surface area contributed by atoms with Crippen molar-refractivity contribution in [1.29, 1.82) is 0 Å². The second-order valence-electron chi connectivity index (χ2n) is 3.36. The molecule has 0 saturated carbocycles. The van der Waals surface area contributed by atoms with Crippen molar-refractivity contribution >= 4 is 25.4 Å². The fourth-order valence-electron chi connectivity index (χ4n) is 1.19. The van der Waals surface area contributed by atoms with Crippen molar-refractivity contribution in [3.63, 3.8) is 0 Å². The molecular formula is C9H11ClFNO2S. The minimum Gasteiger partial charge on any atom is -0.375 e. The van der Waals surface area contributed by atoms with Crippen LogP contribution in [0, 0.1) is 5.82 Å². The third-order valence-electron chi connectivity index (χ3n) is 1.83. The van der Waals surface area contributed by atoms with Crippen LogP contribution in [-0.4, -0.2) is 22.5 Å². The van der Waals surface area contributed by atoms with E-state index in [2.05, 4.69) is 0 Å². The van der Waals surface area contributed by atoms with E-state index in [0.29, 0.717) is 11.3 Å². The van der Waals surface area contributed by atoms with Gasteiger partial charge in [0.2, 0.25) is 9.05 Å². The van der Waals surface area contributed by atoms with E-state index >= 15 is 0 Å². The molecule has 0 bridgehead atoms. The van der Waals surface area contributed by atoms with Crippen molar-refractivity contribution < 1.29 is 12.8 Å².